The first-order chi connectivity index (χ1) is 10.1. The van der Waals surface area contributed by atoms with E-state index < -0.39 is 0 Å². The molecule has 0 aliphatic heterocycles. The van der Waals surface area contributed by atoms with E-state index in [-0.39, 0.29) is 0 Å². The van der Waals surface area contributed by atoms with Gasteiger partial charge in [0.15, 0.2) is 5.82 Å². The highest BCUT2D eigenvalue weighted by Crippen LogP contribution is 2.18. The molecule has 21 heavy (non-hydrogen) atoms. The largest absolute Gasteiger partial charge is 0.377 e. The Kier molecular flexibility index (Phi) is 5.36. The Labute approximate surface area is 129 Å². The minimum absolute atomic E-state index is 0.382. The van der Waals surface area contributed by atoms with E-state index in [1.54, 1.807) is 7.11 Å². The van der Waals surface area contributed by atoms with E-state index in [2.05, 4.69) is 15.3 Å². The van der Waals surface area contributed by atoms with Gasteiger partial charge in [-0.15, -0.1) is 0 Å². The molecule has 5 nitrogen and oxygen atoms in total. The summed E-state index contributed by atoms with van der Waals surface area (Å²) in [5.74, 6) is 2.25. The number of hydrogen-bond donors (Lipinski definition) is 1. The molecule has 0 unspecified atom stereocenters. The molecule has 0 fully saturated rings. The molecule has 1 aromatic carbocycles. The topological polar surface area (TPSA) is 50.3 Å². The van der Waals surface area contributed by atoms with Crippen molar-refractivity contribution in [3.05, 3.63) is 46.7 Å². The second-order valence-electron chi connectivity index (χ2n) is 4.70. The van der Waals surface area contributed by atoms with Crippen molar-refractivity contribution in [3.8, 4) is 0 Å². The van der Waals surface area contributed by atoms with Gasteiger partial charge >= 0.3 is 0 Å². The normalized spacial score (nSPS) is 10.5. The van der Waals surface area contributed by atoms with Crippen LogP contribution in [-0.2, 0) is 17.9 Å². The van der Waals surface area contributed by atoms with E-state index in [1.165, 1.54) is 0 Å². The molecule has 0 saturated heterocycles. The molecule has 0 spiro atoms. The summed E-state index contributed by atoms with van der Waals surface area (Å²) >= 11 is 6.02. The van der Waals surface area contributed by atoms with Gasteiger partial charge in [0.2, 0.25) is 0 Å². The summed E-state index contributed by atoms with van der Waals surface area (Å²) in [4.78, 5) is 10.9. The number of hydrogen-bond acceptors (Lipinski definition) is 5. The fourth-order valence-corrected chi connectivity index (χ4v) is 2.20. The van der Waals surface area contributed by atoms with Crippen LogP contribution in [0, 0.1) is 0 Å². The highest BCUT2D eigenvalue weighted by Gasteiger charge is 2.09. The maximum atomic E-state index is 6.02. The van der Waals surface area contributed by atoms with Gasteiger partial charge in [-0.25, -0.2) is 9.97 Å². The van der Waals surface area contributed by atoms with Gasteiger partial charge in [0, 0.05) is 38.8 Å². The Hall–Kier alpha value is -1.85. The van der Waals surface area contributed by atoms with Crippen molar-refractivity contribution < 1.29 is 4.74 Å². The molecule has 112 valence electrons. The van der Waals surface area contributed by atoms with Crippen molar-refractivity contribution in [1.29, 1.82) is 0 Å². The number of anilines is 2. The molecule has 0 saturated carbocycles. The number of nitrogens with zero attached hydrogens (tertiary/aromatic N) is 3. The zero-order valence-electron chi connectivity index (χ0n) is 12.4. The second-order valence-corrected chi connectivity index (χ2v) is 5.13. The number of halogens is 1. The van der Waals surface area contributed by atoms with E-state index >= 15 is 0 Å². The average Bonchev–Trinajstić information content (AvgIpc) is 2.47. The molecule has 0 atom stereocenters. The highest BCUT2D eigenvalue weighted by atomic mass is 35.5. The Morgan fingerprint density at radius 2 is 2.10 bits per heavy atom. The van der Waals surface area contributed by atoms with Crippen LogP contribution in [-0.4, -0.2) is 31.2 Å². The smallest absolute Gasteiger partial charge is 0.158 e. The molecule has 6 heteroatoms. The molecule has 0 aliphatic carbocycles. The van der Waals surface area contributed by atoms with Gasteiger partial charge in [-0.05, 0) is 17.7 Å². The van der Waals surface area contributed by atoms with E-state index in [0.29, 0.717) is 19.0 Å². The molecule has 0 aliphatic rings. The Bertz CT molecular complexity index is 606. The van der Waals surface area contributed by atoms with Gasteiger partial charge in [-0.1, -0.05) is 23.7 Å². The summed E-state index contributed by atoms with van der Waals surface area (Å²) in [6.07, 6.45) is 0. The van der Waals surface area contributed by atoms with E-state index in [4.69, 9.17) is 16.3 Å². The van der Waals surface area contributed by atoms with Crippen LogP contribution in [0.3, 0.4) is 0 Å². The summed E-state index contributed by atoms with van der Waals surface area (Å²) in [7, 11) is 5.45. The molecule has 0 bridgehead atoms. The zero-order chi connectivity index (χ0) is 15.2. The predicted molar refractivity (Wildman–Crippen MR) is 85.9 cm³/mol. The fraction of sp³-hybridized carbons (Fsp3) is 0.333. The first-order valence-electron chi connectivity index (χ1n) is 6.62. The van der Waals surface area contributed by atoms with Crippen molar-refractivity contribution in [2.24, 2.45) is 0 Å². The van der Waals surface area contributed by atoms with E-state index in [0.717, 1.165) is 22.2 Å². The molecule has 0 amide bonds. The molecule has 1 N–H and O–H groups in total. The van der Waals surface area contributed by atoms with Crippen LogP contribution in [0.4, 0.5) is 11.6 Å². The number of methoxy groups -OCH3 is 1. The third-order valence-corrected chi connectivity index (χ3v) is 3.22. The lowest BCUT2D eigenvalue weighted by atomic mass is 10.2. The van der Waals surface area contributed by atoms with Gasteiger partial charge in [0.25, 0.3) is 0 Å². The molecular formula is C15H19ClN4O. The minimum Gasteiger partial charge on any atom is -0.377 e. The number of aromatic nitrogens is 2. The zero-order valence-corrected chi connectivity index (χ0v) is 13.2. The third kappa shape index (κ3) is 4.31. The number of nitrogens with one attached hydrogen (secondary N) is 1. The fourth-order valence-electron chi connectivity index (χ4n) is 1.99. The van der Waals surface area contributed by atoms with Gasteiger partial charge in [-0.3, -0.25) is 0 Å². The van der Waals surface area contributed by atoms with E-state index in [9.17, 15) is 0 Å². The van der Waals surface area contributed by atoms with Gasteiger partial charge in [-0.2, -0.15) is 0 Å². The minimum atomic E-state index is 0.382. The summed E-state index contributed by atoms with van der Waals surface area (Å²) in [6.45, 7) is 1.10. The van der Waals surface area contributed by atoms with Gasteiger partial charge in [0.1, 0.15) is 18.2 Å². The first kappa shape index (κ1) is 15.5. The van der Waals surface area contributed by atoms with Crippen molar-refractivity contribution in [1.82, 2.24) is 9.97 Å². The van der Waals surface area contributed by atoms with Crippen LogP contribution in [0.25, 0.3) is 0 Å². The van der Waals surface area contributed by atoms with Crippen LogP contribution >= 0.6 is 11.6 Å². The Morgan fingerprint density at radius 3 is 2.76 bits per heavy atom. The van der Waals surface area contributed by atoms with Crippen LogP contribution in [0.2, 0.25) is 5.02 Å². The highest BCUT2D eigenvalue weighted by molar-refractivity contribution is 6.30. The number of benzene rings is 1. The quantitative estimate of drug-likeness (QED) is 0.889. The number of ether oxygens (including phenoxy) is 1. The summed E-state index contributed by atoms with van der Waals surface area (Å²) in [5.41, 5.74) is 1.13. The van der Waals surface area contributed by atoms with Crippen molar-refractivity contribution in [3.63, 3.8) is 0 Å². The molecule has 0 radical (unpaired) electrons. The molecule has 1 aromatic heterocycles. The van der Waals surface area contributed by atoms with Gasteiger partial charge < -0.3 is 15.0 Å². The lowest BCUT2D eigenvalue weighted by Crippen LogP contribution is -2.19. The number of rotatable bonds is 6. The molecule has 1 heterocycles. The standard InChI is InChI=1S/C15H19ClN4O/c1-17-13-8-15(19-14(18-13)10-21-3)20(2)9-11-5-4-6-12(16)7-11/h4-8H,9-10H2,1-3H3,(H,17,18,19). The second kappa shape index (κ2) is 7.24. The summed E-state index contributed by atoms with van der Waals surface area (Å²) in [5, 5.41) is 3.78. The van der Waals surface area contributed by atoms with Crippen LogP contribution < -0.4 is 10.2 Å². The molecular weight excluding hydrogens is 288 g/mol. The lowest BCUT2D eigenvalue weighted by Gasteiger charge is -2.19. The third-order valence-electron chi connectivity index (χ3n) is 2.99. The SMILES string of the molecule is CNc1cc(N(C)Cc2cccc(Cl)c2)nc(COC)n1. The van der Waals surface area contributed by atoms with Crippen molar-refractivity contribution in [2.75, 3.05) is 31.4 Å². The van der Waals surface area contributed by atoms with Crippen LogP contribution in [0.15, 0.2) is 30.3 Å². The van der Waals surface area contributed by atoms with Crippen LogP contribution in [0.1, 0.15) is 11.4 Å². The average molecular weight is 307 g/mol. The summed E-state index contributed by atoms with van der Waals surface area (Å²) < 4.78 is 5.11. The lowest BCUT2D eigenvalue weighted by molar-refractivity contribution is 0.178. The molecule has 2 rings (SSSR count). The van der Waals surface area contributed by atoms with E-state index in [1.807, 2.05) is 49.3 Å². The predicted octanol–water partition coefficient (Wildman–Crippen LogP) is 2.95. The van der Waals surface area contributed by atoms with Gasteiger partial charge in [0.05, 0.1) is 0 Å². The maximum Gasteiger partial charge on any atom is 0.158 e. The van der Waals surface area contributed by atoms with Crippen molar-refractivity contribution in [2.45, 2.75) is 13.2 Å². The maximum absolute atomic E-state index is 6.02. The Morgan fingerprint density at radius 1 is 1.29 bits per heavy atom. The monoisotopic (exact) mass is 306 g/mol. The summed E-state index contributed by atoms with van der Waals surface area (Å²) in [6, 6.07) is 9.71. The van der Waals surface area contributed by atoms with Crippen molar-refractivity contribution >= 4 is 23.2 Å². The Balaban J connectivity index is 2.21. The molecule has 2 aromatic rings. The first-order valence-corrected chi connectivity index (χ1v) is 7.00. The van der Waals surface area contributed by atoms with Crippen LogP contribution in [0.5, 0.6) is 0 Å².